The first kappa shape index (κ1) is 14.0. The number of benzene rings is 1. The second kappa shape index (κ2) is 6.22. The lowest BCUT2D eigenvalue weighted by molar-refractivity contribution is -0.120. The van der Waals surface area contributed by atoms with E-state index in [1.165, 1.54) is 19.3 Å². The van der Waals surface area contributed by atoms with Gasteiger partial charge in [0.25, 0.3) is 0 Å². The number of rotatable bonds is 4. The molecule has 1 amide bonds. The summed E-state index contributed by atoms with van der Waals surface area (Å²) in [6.07, 6.45) is 9.53. The molecule has 0 spiro atoms. The van der Waals surface area contributed by atoms with Crippen molar-refractivity contribution in [2.75, 3.05) is 0 Å². The van der Waals surface area contributed by atoms with E-state index in [0.29, 0.717) is 6.04 Å². The zero-order valence-electron chi connectivity index (χ0n) is 12.1. The van der Waals surface area contributed by atoms with Crippen molar-refractivity contribution in [2.24, 2.45) is 5.73 Å². The van der Waals surface area contributed by atoms with Crippen LogP contribution in [0.3, 0.4) is 0 Å². The number of fused-ring (bicyclic) bond motifs is 1. The Hall–Kier alpha value is -1.94. The van der Waals surface area contributed by atoms with E-state index in [2.05, 4.69) is 10.3 Å². The van der Waals surface area contributed by atoms with Gasteiger partial charge in [-0.25, -0.2) is 0 Å². The number of hydrogen-bond acceptors (Lipinski definition) is 3. The summed E-state index contributed by atoms with van der Waals surface area (Å²) in [5, 5.41) is 5.52. The SMILES string of the molecule is NC(=O)C(NC1CCCCC1)c1cncc2ccccc12. The van der Waals surface area contributed by atoms with E-state index in [0.717, 1.165) is 29.2 Å². The number of hydrogen-bond donors (Lipinski definition) is 2. The lowest BCUT2D eigenvalue weighted by Gasteiger charge is -2.27. The molecule has 3 N–H and O–H groups in total. The Bertz CT molecular complexity index is 629. The molecule has 1 saturated carbocycles. The first-order valence-corrected chi connectivity index (χ1v) is 7.64. The first-order chi connectivity index (χ1) is 10.3. The van der Waals surface area contributed by atoms with Crippen LogP contribution in [-0.2, 0) is 4.79 Å². The Labute approximate surface area is 124 Å². The van der Waals surface area contributed by atoms with Gasteiger partial charge < -0.3 is 5.73 Å². The predicted molar refractivity (Wildman–Crippen MR) is 83.7 cm³/mol. The zero-order chi connectivity index (χ0) is 14.7. The number of nitrogens with two attached hydrogens (primary N) is 1. The molecular formula is C17H21N3O. The minimum absolute atomic E-state index is 0.335. The smallest absolute Gasteiger partial charge is 0.239 e. The van der Waals surface area contributed by atoms with E-state index in [1.807, 2.05) is 30.5 Å². The monoisotopic (exact) mass is 283 g/mol. The molecule has 4 nitrogen and oxygen atoms in total. The molecular weight excluding hydrogens is 262 g/mol. The summed E-state index contributed by atoms with van der Waals surface area (Å²) < 4.78 is 0. The Balaban J connectivity index is 1.93. The van der Waals surface area contributed by atoms with Gasteiger partial charge in [-0.2, -0.15) is 0 Å². The number of carbonyl (C=O) groups is 1. The third-order valence-electron chi connectivity index (χ3n) is 4.30. The lowest BCUT2D eigenvalue weighted by Crippen LogP contribution is -2.41. The molecule has 1 aliphatic carbocycles. The largest absolute Gasteiger partial charge is 0.368 e. The van der Waals surface area contributed by atoms with Crippen molar-refractivity contribution < 1.29 is 4.79 Å². The molecule has 3 rings (SSSR count). The van der Waals surface area contributed by atoms with E-state index in [-0.39, 0.29) is 5.91 Å². The van der Waals surface area contributed by atoms with Crippen molar-refractivity contribution in [1.29, 1.82) is 0 Å². The number of aromatic nitrogens is 1. The number of carbonyl (C=O) groups excluding carboxylic acids is 1. The van der Waals surface area contributed by atoms with Crippen molar-refractivity contribution in [1.82, 2.24) is 10.3 Å². The van der Waals surface area contributed by atoms with Gasteiger partial charge in [-0.3, -0.25) is 15.1 Å². The van der Waals surface area contributed by atoms with Crippen LogP contribution in [0, 0.1) is 0 Å². The second-order valence-corrected chi connectivity index (χ2v) is 5.79. The maximum atomic E-state index is 11.9. The number of amides is 1. The van der Waals surface area contributed by atoms with E-state index in [4.69, 9.17) is 5.73 Å². The van der Waals surface area contributed by atoms with Crippen LogP contribution < -0.4 is 11.1 Å². The first-order valence-electron chi connectivity index (χ1n) is 7.64. The minimum Gasteiger partial charge on any atom is -0.368 e. The summed E-state index contributed by atoms with van der Waals surface area (Å²) in [5.74, 6) is -0.335. The normalized spacial score (nSPS) is 17.7. The molecule has 4 heteroatoms. The molecule has 1 aromatic heterocycles. The molecule has 0 aliphatic heterocycles. The average Bonchev–Trinajstić information content (AvgIpc) is 2.53. The van der Waals surface area contributed by atoms with E-state index in [9.17, 15) is 4.79 Å². The molecule has 0 radical (unpaired) electrons. The van der Waals surface area contributed by atoms with Crippen LogP contribution in [0.1, 0.15) is 43.7 Å². The highest BCUT2D eigenvalue weighted by Crippen LogP contribution is 2.26. The topological polar surface area (TPSA) is 68.0 Å². The van der Waals surface area contributed by atoms with Crippen LogP contribution in [0.4, 0.5) is 0 Å². The molecule has 0 bridgehead atoms. The summed E-state index contributed by atoms with van der Waals surface area (Å²) in [4.78, 5) is 16.2. The molecule has 21 heavy (non-hydrogen) atoms. The van der Waals surface area contributed by atoms with Gasteiger partial charge in [-0.05, 0) is 18.2 Å². The standard InChI is InChI=1S/C17H21N3O/c18-17(21)16(20-13-7-2-1-3-8-13)15-11-19-10-12-6-4-5-9-14(12)15/h4-6,9-11,13,16,20H,1-3,7-8H2,(H2,18,21). The van der Waals surface area contributed by atoms with Crippen molar-refractivity contribution >= 4 is 16.7 Å². The Morgan fingerprint density at radius 1 is 1.19 bits per heavy atom. The summed E-state index contributed by atoms with van der Waals surface area (Å²) in [6, 6.07) is 7.88. The average molecular weight is 283 g/mol. The zero-order valence-corrected chi connectivity index (χ0v) is 12.1. The van der Waals surface area contributed by atoms with E-state index < -0.39 is 6.04 Å². The van der Waals surface area contributed by atoms with E-state index >= 15 is 0 Å². The molecule has 1 unspecified atom stereocenters. The summed E-state index contributed by atoms with van der Waals surface area (Å²) >= 11 is 0. The fourth-order valence-electron chi connectivity index (χ4n) is 3.20. The van der Waals surface area contributed by atoms with Gasteiger partial charge in [0.05, 0.1) is 0 Å². The van der Waals surface area contributed by atoms with Crippen LogP contribution in [-0.4, -0.2) is 16.9 Å². The highest BCUT2D eigenvalue weighted by Gasteiger charge is 2.24. The predicted octanol–water partition coefficient (Wildman–Crippen LogP) is 2.68. The number of primary amides is 1. The van der Waals surface area contributed by atoms with E-state index in [1.54, 1.807) is 6.20 Å². The van der Waals surface area contributed by atoms with Crippen LogP contribution >= 0.6 is 0 Å². The third-order valence-corrected chi connectivity index (χ3v) is 4.30. The van der Waals surface area contributed by atoms with Gasteiger partial charge in [-0.1, -0.05) is 43.5 Å². The van der Waals surface area contributed by atoms with Gasteiger partial charge in [0, 0.05) is 29.4 Å². The molecule has 2 aromatic rings. The van der Waals surface area contributed by atoms with Crippen molar-refractivity contribution in [2.45, 2.75) is 44.2 Å². The van der Waals surface area contributed by atoms with Crippen molar-refractivity contribution in [3.63, 3.8) is 0 Å². The highest BCUT2D eigenvalue weighted by atomic mass is 16.1. The van der Waals surface area contributed by atoms with Crippen LogP contribution in [0.2, 0.25) is 0 Å². The van der Waals surface area contributed by atoms with Crippen LogP contribution in [0.15, 0.2) is 36.7 Å². The minimum atomic E-state index is -0.466. The van der Waals surface area contributed by atoms with Gasteiger partial charge in [-0.15, -0.1) is 0 Å². The van der Waals surface area contributed by atoms with Crippen molar-refractivity contribution in [3.05, 3.63) is 42.2 Å². The molecule has 0 saturated heterocycles. The Morgan fingerprint density at radius 2 is 1.95 bits per heavy atom. The maximum absolute atomic E-state index is 11.9. The summed E-state index contributed by atoms with van der Waals surface area (Å²) in [7, 11) is 0. The Kier molecular flexibility index (Phi) is 4.15. The Morgan fingerprint density at radius 3 is 2.71 bits per heavy atom. The van der Waals surface area contributed by atoms with Gasteiger partial charge >= 0.3 is 0 Å². The van der Waals surface area contributed by atoms with Crippen LogP contribution in [0.5, 0.6) is 0 Å². The van der Waals surface area contributed by atoms with Gasteiger partial charge in [0.15, 0.2) is 0 Å². The molecule has 1 heterocycles. The molecule has 1 atom stereocenters. The molecule has 1 fully saturated rings. The maximum Gasteiger partial charge on any atom is 0.239 e. The fraction of sp³-hybridized carbons (Fsp3) is 0.412. The summed E-state index contributed by atoms with van der Waals surface area (Å²) in [6.45, 7) is 0. The second-order valence-electron chi connectivity index (χ2n) is 5.79. The quantitative estimate of drug-likeness (QED) is 0.906. The molecule has 110 valence electrons. The number of pyridine rings is 1. The van der Waals surface area contributed by atoms with Crippen LogP contribution in [0.25, 0.3) is 10.8 Å². The molecule has 1 aromatic carbocycles. The van der Waals surface area contributed by atoms with Gasteiger partial charge in [0.1, 0.15) is 6.04 Å². The fourth-order valence-corrected chi connectivity index (χ4v) is 3.20. The summed E-state index contributed by atoms with van der Waals surface area (Å²) in [5.41, 5.74) is 6.53. The lowest BCUT2D eigenvalue weighted by atomic mass is 9.93. The highest BCUT2D eigenvalue weighted by molar-refractivity contribution is 5.91. The molecule has 1 aliphatic rings. The third kappa shape index (κ3) is 3.05. The number of nitrogens with zero attached hydrogens (tertiary/aromatic N) is 1. The number of nitrogens with one attached hydrogen (secondary N) is 1. The van der Waals surface area contributed by atoms with Crippen molar-refractivity contribution in [3.8, 4) is 0 Å². The van der Waals surface area contributed by atoms with Gasteiger partial charge in [0.2, 0.25) is 5.91 Å².